The van der Waals surface area contributed by atoms with E-state index in [1.165, 1.54) is 18.4 Å². The largest absolute Gasteiger partial charge is 0.355 e. The van der Waals surface area contributed by atoms with Crippen LogP contribution in [0.25, 0.3) is 0 Å². The van der Waals surface area contributed by atoms with Crippen molar-refractivity contribution < 1.29 is 13.2 Å². The third-order valence-corrected chi connectivity index (χ3v) is 6.78. The Morgan fingerprint density at radius 2 is 2.09 bits per heavy atom. The summed E-state index contributed by atoms with van der Waals surface area (Å²) < 4.78 is 25.5. The molecule has 0 spiro atoms. The molecular weight excluding hydrogens is 320 g/mol. The number of hydrogen-bond acceptors (Lipinski definition) is 4. The smallest absolute Gasteiger partial charge is 0.242 e. The fourth-order valence-corrected chi connectivity index (χ4v) is 4.39. The van der Waals surface area contributed by atoms with Crippen LogP contribution in [0.1, 0.15) is 24.8 Å². The molecule has 1 N–H and O–H groups in total. The second-order valence-corrected chi connectivity index (χ2v) is 8.86. The van der Waals surface area contributed by atoms with E-state index in [1.807, 2.05) is 6.07 Å². The van der Waals surface area contributed by atoms with Crippen molar-refractivity contribution in [2.75, 3.05) is 20.6 Å². The van der Waals surface area contributed by atoms with Crippen LogP contribution < -0.4 is 5.32 Å². The van der Waals surface area contributed by atoms with Gasteiger partial charge in [-0.2, -0.15) is 0 Å². The maximum atomic E-state index is 12.1. The Hall–Kier alpha value is -1.05. The normalized spacial score (nSPS) is 19.8. The van der Waals surface area contributed by atoms with E-state index in [0.29, 0.717) is 10.6 Å². The van der Waals surface area contributed by atoms with Gasteiger partial charge in [-0.15, -0.1) is 11.8 Å². The monoisotopic (exact) mass is 342 g/mol. The standard InChI is InChI=1S/C15H22N2O3S2/c1-17(2)22(19,20)13-7-5-6-12(10-13)11-21-14-8-3-4-9-16-15(14)18/h5-7,10,14H,3-4,8-9,11H2,1-2H3,(H,16,18)/t14-/m0/s1. The first-order valence-corrected chi connectivity index (χ1v) is 9.81. The van der Waals surface area contributed by atoms with E-state index in [1.54, 1.807) is 30.0 Å². The molecule has 7 heteroatoms. The predicted octanol–water partition coefficient (Wildman–Crippen LogP) is 1.84. The first-order chi connectivity index (χ1) is 10.4. The van der Waals surface area contributed by atoms with Crippen LogP contribution >= 0.6 is 11.8 Å². The Labute approximate surface area is 136 Å². The summed E-state index contributed by atoms with van der Waals surface area (Å²) in [5, 5.41) is 2.87. The molecule has 0 aromatic heterocycles. The average molecular weight is 342 g/mol. The van der Waals surface area contributed by atoms with Crippen molar-refractivity contribution in [3.63, 3.8) is 0 Å². The van der Waals surface area contributed by atoms with Crippen molar-refractivity contribution >= 4 is 27.7 Å². The highest BCUT2D eigenvalue weighted by molar-refractivity contribution is 7.99. The Kier molecular flexibility index (Phi) is 5.88. The van der Waals surface area contributed by atoms with Crippen LogP contribution in [0, 0.1) is 0 Å². The van der Waals surface area contributed by atoms with Gasteiger partial charge in [0.05, 0.1) is 10.1 Å². The van der Waals surface area contributed by atoms with Crippen molar-refractivity contribution in [1.82, 2.24) is 9.62 Å². The van der Waals surface area contributed by atoms with E-state index in [9.17, 15) is 13.2 Å². The first kappa shape index (κ1) is 17.3. The molecule has 1 fully saturated rings. The number of rotatable bonds is 5. The fraction of sp³-hybridized carbons (Fsp3) is 0.533. The number of thioether (sulfide) groups is 1. The highest BCUT2D eigenvalue weighted by Crippen LogP contribution is 2.25. The molecule has 0 unspecified atom stereocenters. The number of nitrogens with zero attached hydrogens (tertiary/aromatic N) is 1. The molecule has 1 amide bonds. The minimum absolute atomic E-state index is 0.0448. The fourth-order valence-electron chi connectivity index (χ4n) is 2.27. The van der Waals surface area contributed by atoms with Gasteiger partial charge < -0.3 is 5.32 Å². The first-order valence-electron chi connectivity index (χ1n) is 7.32. The highest BCUT2D eigenvalue weighted by atomic mass is 32.2. The zero-order valence-corrected chi connectivity index (χ0v) is 14.5. The molecule has 2 rings (SSSR count). The second kappa shape index (κ2) is 7.48. The number of hydrogen-bond donors (Lipinski definition) is 1. The van der Waals surface area contributed by atoms with Gasteiger partial charge in [-0.25, -0.2) is 12.7 Å². The van der Waals surface area contributed by atoms with E-state index in [4.69, 9.17) is 0 Å². The van der Waals surface area contributed by atoms with E-state index in [0.717, 1.165) is 31.4 Å². The molecule has 1 saturated heterocycles. The quantitative estimate of drug-likeness (QED) is 0.887. The van der Waals surface area contributed by atoms with Gasteiger partial charge in [0, 0.05) is 26.4 Å². The third kappa shape index (κ3) is 4.24. The van der Waals surface area contributed by atoms with E-state index >= 15 is 0 Å². The minimum Gasteiger partial charge on any atom is -0.355 e. The van der Waals surface area contributed by atoms with Crippen molar-refractivity contribution in [3.8, 4) is 0 Å². The topological polar surface area (TPSA) is 66.5 Å². The molecule has 0 radical (unpaired) electrons. The van der Waals surface area contributed by atoms with Crippen LogP contribution in [0.15, 0.2) is 29.2 Å². The van der Waals surface area contributed by atoms with Crippen LogP contribution in [0.5, 0.6) is 0 Å². The Morgan fingerprint density at radius 3 is 2.82 bits per heavy atom. The number of nitrogens with one attached hydrogen (secondary N) is 1. The van der Waals surface area contributed by atoms with Gasteiger partial charge in [-0.1, -0.05) is 18.6 Å². The van der Waals surface area contributed by atoms with Gasteiger partial charge in [-0.05, 0) is 30.5 Å². The van der Waals surface area contributed by atoms with Crippen LogP contribution in [0.4, 0.5) is 0 Å². The molecular formula is C15H22N2O3S2. The van der Waals surface area contributed by atoms with Gasteiger partial charge in [0.2, 0.25) is 15.9 Å². The lowest BCUT2D eigenvalue weighted by atomic mass is 10.2. The van der Waals surface area contributed by atoms with E-state index in [2.05, 4.69) is 5.32 Å². The number of carbonyl (C=O) groups excluding carboxylic acids is 1. The Morgan fingerprint density at radius 1 is 1.32 bits per heavy atom. The molecule has 1 aromatic carbocycles. The van der Waals surface area contributed by atoms with Crippen molar-refractivity contribution in [2.24, 2.45) is 0 Å². The van der Waals surface area contributed by atoms with Crippen LogP contribution in [-0.2, 0) is 20.6 Å². The summed E-state index contributed by atoms with van der Waals surface area (Å²) in [6, 6.07) is 6.94. The molecule has 5 nitrogen and oxygen atoms in total. The molecule has 22 heavy (non-hydrogen) atoms. The summed E-state index contributed by atoms with van der Waals surface area (Å²) in [6.07, 6.45) is 2.96. The van der Waals surface area contributed by atoms with E-state index < -0.39 is 10.0 Å². The molecule has 1 aliphatic rings. The van der Waals surface area contributed by atoms with E-state index in [-0.39, 0.29) is 11.2 Å². The van der Waals surface area contributed by atoms with Gasteiger partial charge >= 0.3 is 0 Å². The Bertz CT molecular complexity index is 629. The second-order valence-electron chi connectivity index (χ2n) is 5.52. The summed E-state index contributed by atoms with van der Waals surface area (Å²) in [4.78, 5) is 12.2. The number of benzene rings is 1. The summed E-state index contributed by atoms with van der Waals surface area (Å²) in [7, 11) is -0.373. The van der Waals surface area contributed by atoms with Gasteiger partial charge in [0.15, 0.2) is 0 Å². The lowest BCUT2D eigenvalue weighted by Crippen LogP contribution is -2.30. The molecule has 1 heterocycles. The van der Waals surface area contributed by atoms with Crippen LogP contribution in [0.3, 0.4) is 0 Å². The third-order valence-electron chi connectivity index (χ3n) is 3.61. The van der Waals surface area contributed by atoms with Crippen LogP contribution in [0.2, 0.25) is 0 Å². The Balaban J connectivity index is 2.06. The van der Waals surface area contributed by atoms with Gasteiger partial charge in [0.1, 0.15) is 0 Å². The molecule has 0 bridgehead atoms. The number of amides is 1. The molecule has 0 saturated carbocycles. The van der Waals surface area contributed by atoms with Gasteiger partial charge in [0.25, 0.3) is 0 Å². The molecule has 1 aliphatic heterocycles. The average Bonchev–Trinajstić information content (AvgIpc) is 2.70. The summed E-state index contributed by atoms with van der Waals surface area (Å²) >= 11 is 1.58. The molecule has 1 aromatic rings. The molecule has 0 aliphatic carbocycles. The number of carbonyl (C=O) groups is 1. The van der Waals surface area contributed by atoms with Crippen molar-refractivity contribution in [3.05, 3.63) is 29.8 Å². The lowest BCUT2D eigenvalue weighted by molar-refractivity contribution is -0.120. The zero-order chi connectivity index (χ0) is 16.2. The zero-order valence-electron chi connectivity index (χ0n) is 12.9. The lowest BCUT2D eigenvalue weighted by Gasteiger charge is -2.14. The van der Waals surface area contributed by atoms with Crippen molar-refractivity contribution in [1.29, 1.82) is 0 Å². The summed E-state index contributed by atoms with van der Waals surface area (Å²) in [5.74, 6) is 0.731. The minimum atomic E-state index is -3.41. The SMILES string of the molecule is CN(C)S(=O)(=O)c1cccc(CS[C@H]2CCCCNC2=O)c1. The summed E-state index contributed by atoms with van der Waals surface area (Å²) in [6.45, 7) is 0.756. The summed E-state index contributed by atoms with van der Waals surface area (Å²) in [5.41, 5.74) is 0.921. The number of sulfonamides is 1. The van der Waals surface area contributed by atoms with Gasteiger partial charge in [-0.3, -0.25) is 4.79 Å². The molecule has 1 atom stereocenters. The molecule has 122 valence electrons. The maximum Gasteiger partial charge on any atom is 0.242 e. The predicted molar refractivity (Wildman–Crippen MR) is 89.3 cm³/mol. The highest BCUT2D eigenvalue weighted by Gasteiger charge is 2.21. The maximum absolute atomic E-state index is 12.1. The van der Waals surface area contributed by atoms with Crippen molar-refractivity contribution in [2.45, 2.75) is 35.2 Å². The van der Waals surface area contributed by atoms with Crippen LogP contribution in [-0.4, -0.2) is 44.5 Å².